The molecule has 0 fully saturated rings. The van der Waals surface area contributed by atoms with Crippen molar-refractivity contribution in [2.45, 2.75) is 101 Å². The fourth-order valence-corrected chi connectivity index (χ4v) is 15.2. The first kappa shape index (κ1) is 99.0. The van der Waals surface area contributed by atoms with Gasteiger partial charge in [0.1, 0.15) is 71.4 Å². The Bertz CT molecular complexity index is 5830. The van der Waals surface area contributed by atoms with Gasteiger partial charge in [-0.1, -0.05) is 178 Å². The number of para-hydroxylation sites is 8. The topological polar surface area (TPSA) is 456 Å². The molecule has 0 saturated carbocycles. The van der Waals surface area contributed by atoms with Crippen molar-refractivity contribution in [3.8, 4) is 11.5 Å². The average molecular weight is 1810 g/mol. The summed E-state index contributed by atoms with van der Waals surface area (Å²) in [4.78, 5) is 40.3. The first-order valence-corrected chi connectivity index (χ1v) is 42.4. The molecule has 0 aliphatic carbocycles. The second-order valence-electron chi connectivity index (χ2n) is 29.6. The van der Waals surface area contributed by atoms with Crippen molar-refractivity contribution in [2.75, 3.05) is 67.9 Å². The molecule has 2 N–H and O–H groups in total. The van der Waals surface area contributed by atoms with Gasteiger partial charge in [0.15, 0.2) is 11.6 Å². The zero-order chi connectivity index (χ0) is 92.9. The number of Topliss-reactive ketones (excluding diaryl/α,β-unsaturated/α-hetero) is 2. The van der Waals surface area contributed by atoms with Crippen molar-refractivity contribution >= 4 is 136 Å². The third kappa shape index (κ3) is 23.6. The van der Waals surface area contributed by atoms with E-state index in [0.29, 0.717) is 35.6 Å². The number of nitro benzene ring substituents is 2. The molecule has 128 heavy (non-hydrogen) atoms. The number of ketones is 2. The van der Waals surface area contributed by atoms with Gasteiger partial charge in [-0.3, -0.25) is 44.8 Å². The molecule has 0 aromatic heterocycles. The fourth-order valence-electron chi connectivity index (χ4n) is 14.0. The van der Waals surface area contributed by atoms with Crippen LogP contribution in [-0.2, 0) is 63.4 Å². The van der Waals surface area contributed by atoms with E-state index >= 15 is 0 Å². The molecule has 3 unspecified atom stereocenters. The Labute approximate surface area is 752 Å². The minimum atomic E-state index is -5.35. The average Bonchev–Trinajstić information content (AvgIpc) is 1.60. The Hall–Kier alpha value is -14.4. The molecular weight excluding hydrogens is 1720 g/mol. The summed E-state index contributed by atoms with van der Waals surface area (Å²) in [7, 11) is 1.65. The molecule has 36 heteroatoms. The van der Waals surface area contributed by atoms with Gasteiger partial charge in [0.2, 0.25) is 34.2 Å². The second-order valence-corrected chi connectivity index (χ2v) is 32.3. The number of carbonyl (C=O) groups is 2. The van der Waals surface area contributed by atoms with Gasteiger partial charge in [0, 0.05) is 106 Å². The summed E-state index contributed by atoms with van der Waals surface area (Å²) in [5, 5.41) is 108. The number of hydrazone groups is 3. The molecule has 3 atom stereocenters. The van der Waals surface area contributed by atoms with E-state index in [-0.39, 0.29) is 33.6 Å². The van der Waals surface area contributed by atoms with Crippen LogP contribution in [0.15, 0.2) is 317 Å². The Morgan fingerprint density at radius 2 is 0.664 bits per heavy atom. The molecule has 0 spiro atoms. The van der Waals surface area contributed by atoms with Gasteiger partial charge >= 0.3 is 17.4 Å². The van der Waals surface area contributed by atoms with E-state index in [2.05, 4.69) is 232 Å². The fraction of sp³-hybridized carbons (Fsp3) is 0.217. The van der Waals surface area contributed by atoms with Crippen LogP contribution < -0.4 is 46.1 Å². The Kier molecular flexibility index (Phi) is 33.6. The predicted molar refractivity (Wildman–Crippen MR) is 480 cm³/mol. The summed E-state index contributed by atoms with van der Waals surface area (Å²) in [6.45, 7) is 15.6. The number of hydrogen-bond donors (Lipinski definition) is 2. The molecule has 3 heterocycles. The van der Waals surface area contributed by atoms with Crippen LogP contribution in [-0.4, -0.2) is 139 Å². The summed E-state index contributed by atoms with van der Waals surface area (Å²) >= 11 is 0. The number of nitro groups is 2. The molecule has 3 aliphatic rings. The largest absolute Gasteiger partial charge is 3.00 e. The number of allylic oxidation sites excluding steroid dienone is 2. The second kappa shape index (κ2) is 43.5. The van der Waals surface area contributed by atoms with Crippen LogP contribution in [0.4, 0.5) is 68.2 Å². The van der Waals surface area contributed by atoms with Crippen molar-refractivity contribution < 1.29 is 96.9 Å². The van der Waals surface area contributed by atoms with E-state index in [1.54, 1.807) is 36.4 Å². The van der Waals surface area contributed by atoms with Crippen molar-refractivity contribution in [1.82, 2.24) is 0 Å². The summed E-state index contributed by atoms with van der Waals surface area (Å²) in [6.07, 6.45) is 9.17. The number of hydrogen-bond acceptors (Lipinski definition) is 28. The van der Waals surface area contributed by atoms with E-state index < -0.39 is 109 Å². The van der Waals surface area contributed by atoms with Crippen molar-refractivity contribution in [1.29, 1.82) is 0 Å². The minimum absolute atomic E-state index is 0. The minimum Gasteiger partial charge on any atom is -0.870 e. The Balaban J connectivity index is 0.000000198. The molecule has 0 saturated heterocycles. The molecule has 0 bridgehead atoms. The zero-order valence-corrected chi connectivity index (χ0v) is 75.4. The number of nitrogens with one attached hydrogen (secondary N) is 2. The molecule has 3 aliphatic heterocycles. The summed E-state index contributed by atoms with van der Waals surface area (Å²) in [5.41, 5.74) is 10.5. The van der Waals surface area contributed by atoms with Gasteiger partial charge < -0.3 is 40.2 Å². The van der Waals surface area contributed by atoms with Gasteiger partial charge in [-0.15, -0.1) is 10.2 Å². The number of benzene rings is 10. The van der Waals surface area contributed by atoms with Gasteiger partial charge in [-0.25, -0.2) is 16.8 Å². The maximum Gasteiger partial charge on any atom is 3.00 e. The van der Waals surface area contributed by atoms with Gasteiger partial charge in [-0.05, 0) is 112 Å². The van der Waals surface area contributed by atoms with Crippen LogP contribution in [0.5, 0.6) is 11.5 Å². The van der Waals surface area contributed by atoms with Crippen LogP contribution in [0, 0.1) is 20.2 Å². The monoisotopic (exact) mass is 1810 g/mol. The number of azo groups is 2. The summed E-state index contributed by atoms with van der Waals surface area (Å²) < 4.78 is 73.8. The van der Waals surface area contributed by atoms with Gasteiger partial charge in [0.25, 0.3) is 11.4 Å². The molecule has 13 rings (SSSR count). The SMILES string of the molecule is CC(=O)/C(N=Nc1cc([N+](=O)[O-])cc(S(=O)(=O)[O-])c1[O-])=C(/[O-])Nc1ccccc1.CC(=O)/C(N=Nc1cc([N+](=O)[O-])cc(S(=O)(=O)[O-])c1[O-])=C(/[O-])Nc1ccccc1.CCC1(C)C(C=NN(C)c2ccccc2)=[N+](C)c2ccccc21.CCC1(C)C(C=NN(C)c2ccccc2)=[N+](C)c2ccccc21.CCC1(C)C(C=NN(C)c2ccccc2)=[N+](C)c2ccccc21.[Cr+3]. The predicted octanol–water partition coefficient (Wildman–Crippen LogP) is 14.4. The van der Waals surface area contributed by atoms with Crippen LogP contribution in [0.25, 0.3) is 0 Å². The molecule has 661 valence electrons. The Morgan fingerprint density at radius 1 is 0.422 bits per heavy atom. The van der Waals surface area contributed by atoms with E-state index in [1.165, 1.54) is 75.2 Å². The van der Waals surface area contributed by atoms with E-state index in [9.17, 15) is 76.2 Å². The first-order chi connectivity index (χ1) is 60.2. The maximum absolute atomic E-state index is 12.2. The smallest absolute Gasteiger partial charge is 0.870 e. The number of carbonyl (C=O) groups excluding carboxylic acids is 2. The molecule has 10 aromatic rings. The van der Waals surface area contributed by atoms with E-state index in [1.807, 2.05) is 109 Å². The van der Waals surface area contributed by atoms with Crippen LogP contribution in [0.3, 0.4) is 0 Å². The van der Waals surface area contributed by atoms with Gasteiger partial charge in [0.05, 0.1) is 64.3 Å². The summed E-state index contributed by atoms with van der Waals surface area (Å²) in [5.74, 6) is -6.58. The number of fused-ring (bicyclic) bond motifs is 3. The zero-order valence-electron chi connectivity index (χ0n) is 72.5. The normalized spacial score (nSPS) is 16.5. The summed E-state index contributed by atoms with van der Waals surface area (Å²) in [6, 6.07) is 74.2. The molecule has 0 amide bonds. The third-order valence-electron chi connectivity index (χ3n) is 21.6. The molecule has 10 aromatic carbocycles. The first-order valence-electron chi connectivity index (χ1n) is 39.6. The van der Waals surface area contributed by atoms with Crippen molar-refractivity contribution in [3.05, 3.63) is 309 Å². The van der Waals surface area contributed by atoms with Crippen molar-refractivity contribution in [3.63, 3.8) is 0 Å². The van der Waals surface area contributed by atoms with E-state index in [0.717, 1.165) is 50.2 Å². The van der Waals surface area contributed by atoms with Crippen molar-refractivity contribution in [2.24, 2.45) is 35.8 Å². The van der Waals surface area contributed by atoms with Crippen LogP contribution in [0.2, 0.25) is 0 Å². The third-order valence-corrected chi connectivity index (χ3v) is 23.3. The number of nitrogens with zero attached hydrogens (tertiary/aromatic N) is 15. The van der Waals surface area contributed by atoms with Gasteiger partial charge in [-0.2, -0.15) is 39.3 Å². The number of anilines is 5. The molecule has 1 radical (unpaired) electrons. The molecular formula is C92H94CrN17O16S2. The number of rotatable bonds is 26. The maximum atomic E-state index is 12.2. The van der Waals surface area contributed by atoms with E-state index in [4.69, 9.17) is 0 Å². The standard InChI is InChI=1S/3C20H24N3.2C16H14N4O8S.Cr/c3*1-5-20(2)17-13-9-10-14-18(17)22(3)19(20)15-21-23(4)16-11-7-6-8-12-16;2*1-9(21)14(16(23)17-10-5-3-2-4-6-10)19-18-12-7-11(20(24)25)8-13(15(12)22)29(26,27)28;/h3*6-15H,5H2,1-4H3;2*2-8,17,22-23H,1H3,(H,26,27,28);/q3*+1;;;+3/p-6/b;;;2*16-14-,19-18?;. The quantitative estimate of drug-likeness (QED) is 0.00743. The Morgan fingerprint density at radius 3 is 0.898 bits per heavy atom. The van der Waals surface area contributed by atoms with Crippen LogP contribution >= 0.6 is 0 Å². The molecule has 33 nitrogen and oxygen atoms in total. The van der Waals surface area contributed by atoms with Crippen LogP contribution in [0.1, 0.15) is 91.3 Å². The number of non-ortho nitro benzene ring substituents is 2.